The maximum atomic E-state index is 11.6. The molecule has 2 rings (SSSR count). The van der Waals surface area contributed by atoms with E-state index in [0.717, 1.165) is 5.56 Å². The normalized spacial score (nSPS) is 21.7. The number of rotatable bonds is 3. The Hall–Kier alpha value is -1.77. The molecule has 3 nitrogen and oxygen atoms in total. The quantitative estimate of drug-likeness (QED) is 0.728. The van der Waals surface area contributed by atoms with Crippen molar-refractivity contribution in [2.24, 2.45) is 0 Å². The number of hydrogen-bond acceptors (Lipinski definition) is 2. The largest absolute Gasteiger partial charge is 0.444 e. The molecule has 1 amide bonds. The van der Waals surface area contributed by atoms with Crippen molar-refractivity contribution in [3.8, 4) is 0 Å². The topological polar surface area (TPSA) is 29.5 Å². The Morgan fingerprint density at radius 2 is 2.19 bits per heavy atom. The molecule has 0 bridgehead atoms. The zero-order valence-corrected chi connectivity index (χ0v) is 9.30. The molecule has 1 fully saturated rings. The van der Waals surface area contributed by atoms with Gasteiger partial charge in [0.05, 0.1) is 12.6 Å². The van der Waals surface area contributed by atoms with Crippen molar-refractivity contribution in [1.29, 1.82) is 0 Å². The summed E-state index contributed by atoms with van der Waals surface area (Å²) in [5.74, 6) is 0. The lowest BCUT2D eigenvalue weighted by Gasteiger charge is -2.22. The molecule has 0 spiro atoms. The summed E-state index contributed by atoms with van der Waals surface area (Å²) in [5, 5.41) is 0. The van der Waals surface area contributed by atoms with Gasteiger partial charge in [0.1, 0.15) is 6.10 Å². The van der Waals surface area contributed by atoms with Gasteiger partial charge in [0.25, 0.3) is 0 Å². The van der Waals surface area contributed by atoms with E-state index in [9.17, 15) is 4.79 Å². The number of amides is 1. The highest BCUT2D eigenvalue weighted by Crippen LogP contribution is 2.26. The van der Waals surface area contributed by atoms with Gasteiger partial charge in [-0.3, -0.25) is 4.90 Å². The van der Waals surface area contributed by atoms with Gasteiger partial charge in [0.2, 0.25) is 0 Å². The van der Waals surface area contributed by atoms with Gasteiger partial charge < -0.3 is 4.74 Å². The second-order valence-corrected chi connectivity index (χ2v) is 3.94. The molecule has 1 heterocycles. The predicted octanol–water partition coefficient (Wildman–Crippen LogP) is 2.75. The van der Waals surface area contributed by atoms with Crippen molar-refractivity contribution >= 4 is 6.09 Å². The fourth-order valence-electron chi connectivity index (χ4n) is 1.95. The first kappa shape index (κ1) is 10.7. The Morgan fingerprint density at radius 3 is 2.69 bits per heavy atom. The zero-order valence-electron chi connectivity index (χ0n) is 9.30. The smallest absolute Gasteiger partial charge is 0.410 e. The van der Waals surface area contributed by atoms with Crippen LogP contribution in [0.2, 0.25) is 0 Å². The Kier molecular flexibility index (Phi) is 2.95. The maximum absolute atomic E-state index is 11.6. The lowest BCUT2D eigenvalue weighted by Crippen LogP contribution is -2.28. The average molecular weight is 217 g/mol. The maximum Gasteiger partial charge on any atom is 0.410 e. The summed E-state index contributed by atoms with van der Waals surface area (Å²) < 4.78 is 5.12. The molecular weight excluding hydrogens is 202 g/mol. The van der Waals surface area contributed by atoms with E-state index in [-0.39, 0.29) is 18.2 Å². The van der Waals surface area contributed by atoms with Crippen molar-refractivity contribution in [2.75, 3.05) is 6.54 Å². The van der Waals surface area contributed by atoms with Crippen molar-refractivity contribution in [3.05, 3.63) is 48.6 Å². The van der Waals surface area contributed by atoms with Gasteiger partial charge in [0.15, 0.2) is 0 Å². The number of benzene rings is 1. The molecule has 0 N–H and O–H groups in total. The van der Waals surface area contributed by atoms with Crippen molar-refractivity contribution < 1.29 is 9.53 Å². The van der Waals surface area contributed by atoms with E-state index in [1.165, 1.54) is 0 Å². The van der Waals surface area contributed by atoms with Gasteiger partial charge in [-0.2, -0.15) is 0 Å². The van der Waals surface area contributed by atoms with E-state index in [2.05, 4.69) is 6.58 Å². The van der Waals surface area contributed by atoms with Gasteiger partial charge in [-0.25, -0.2) is 4.79 Å². The van der Waals surface area contributed by atoms with Gasteiger partial charge in [-0.15, -0.1) is 6.58 Å². The van der Waals surface area contributed by atoms with Gasteiger partial charge >= 0.3 is 6.09 Å². The number of ether oxygens (including phenoxy) is 1. The summed E-state index contributed by atoms with van der Waals surface area (Å²) >= 11 is 0. The van der Waals surface area contributed by atoms with Crippen LogP contribution in [0, 0.1) is 0 Å². The Balaban J connectivity index is 2.24. The van der Waals surface area contributed by atoms with Crippen molar-refractivity contribution in [3.63, 3.8) is 0 Å². The molecule has 1 aliphatic rings. The molecule has 84 valence electrons. The molecule has 0 radical (unpaired) electrons. The lowest BCUT2D eigenvalue weighted by atomic mass is 10.1. The van der Waals surface area contributed by atoms with Crippen LogP contribution >= 0.6 is 0 Å². The summed E-state index contributed by atoms with van der Waals surface area (Å²) in [6.07, 6.45) is 1.47. The standard InChI is InChI=1S/C13H15NO2/c1-3-12(11-7-5-4-6-8-11)14-9-10(2)16-13(14)15/h3-8,10,12H,1,9H2,2H3. The fourth-order valence-corrected chi connectivity index (χ4v) is 1.95. The van der Waals surface area contributed by atoms with E-state index in [0.29, 0.717) is 6.54 Å². The van der Waals surface area contributed by atoms with E-state index >= 15 is 0 Å². The molecule has 2 atom stereocenters. The molecule has 3 heteroatoms. The molecule has 0 aromatic heterocycles. The monoisotopic (exact) mass is 217 g/mol. The van der Waals surface area contributed by atoms with Crippen LogP contribution in [0.3, 0.4) is 0 Å². The predicted molar refractivity (Wildman–Crippen MR) is 62.0 cm³/mol. The van der Waals surface area contributed by atoms with Gasteiger partial charge in [0, 0.05) is 0 Å². The third-order valence-electron chi connectivity index (χ3n) is 2.69. The molecule has 1 aromatic carbocycles. The van der Waals surface area contributed by atoms with Crippen LogP contribution in [0.4, 0.5) is 4.79 Å². The summed E-state index contributed by atoms with van der Waals surface area (Å²) in [6.45, 7) is 6.30. The highest BCUT2D eigenvalue weighted by molar-refractivity contribution is 5.71. The molecule has 1 aliphatic heterocycles. The second-order valence-electron chi connectivity index (χ2n) is 3.94. The summed E-state index contributed by atoms with van der Waals surface area (Å²) in [5.41, 5.74) is 1.06. The Labute approximate surface area is 95.3 Å². The summed E-state index contributed by atoms with van der Waals surface area (Å²) in [6, 6.07) is 9.74. The van der Waals surface area contributed by atoms with Crippen LogP contribution in [0.1, 0.15) is 18.5 Å². The molecule has 0 aliphatic carbocycles. The minimum atomic E-state index is -0.263. The first-order chi connectivity index (χ1) is 7.72. The van der Waals surface area contributed by atoms with Gasteiger partial charge in [-0.05, 0) is 12.5 Å². The summed E-state index contributed by atoms with van der Waals surface area (Å²) in [4.78, 5) is 13.3. The number of carbonyl (C=O) groups excluding carboxylic acids is 1. The van der Waals surface area contributed by atoms with Crippen molar-refractivity contribution in [1.82, 2.24) is 4.90 Å². The van der Waals surface area contributed by atoms with Crippen LogP contribution in [-0.2, 0) is 4.74 Å². The first-order valence-corrected chi connectivity index (χ1v) is 5.37. The Morgan fingerprint density at radius 1 is 1.50 bits per heavy atom. The summed E-state index contributed by atoms with van der Waals surface area (Å²) in [7, 11) is 0. The molecule has 1 saturated heterocycles. The van der Waals surface area contributed by atoms with Crippen LogP contribution in [-0.4, -0.2) is 23.6 Å². The van der Waals surface area contributed by atoms with E-state index < -0.39 is 0 Å². The third kappa shape index (κ3) is 1.94. The van der Waals surface area contributed by atoms with E-state index in [4.69, 9.17) is 4.74 Å². The number of nitrogens with zero attached hydrogens (tertiary/aromatic N) is 1. The molecule has 1 aromatic rings. The molecule has 0 saturated carbocycles. The Bertz CT molecular complexity index is 388. The fraction of sp³-hybridized carbons (Fsp3) is 0.308. The van der Waals surface area contributed by atoms with Crippen LogP contribution in [0.15, 0.2) is 43.0 Å². The SMILES string of the molecule is C=CC(c1ccccc1)N1CC(C)OC1=O. The van der Waals surface area contributed by atoms with Crippen LogP contribution < -0.4 is 0 Å². The van der Waals surface area contributed by atoms with E-state index in [1.54, 1.807) is 11.0 Å². The highest BCUT2D eigenvalue weighted by Gasteiger charge is 2.33. The molecule has 2 unspecified atom stereocenters. The zero-order chi connectivity index (χ0) is 11.5. The minimum Gasteiger partial charge on any atom is -0.444 e. The number of hydrogen-bond donors (Lipinski definition) is 0. The average Bonchev–Trinajstić information content (AvgIpc) is 2.61. The third-order valence-corrected chi connectivity index (χ3v) is 2.69. The highest BCUT2D eigenvalue weighted by atomic mass is 16.6. The first-order valence-electron chi connectivity index (χ1n) is 5.37. The van der Waals surface area contributed by atoms with Crippen LogP contribution in [0.25, 0.3) is 0 Å². The number of cyclic esters (lactones) is 1. The second kappa shape index (κ2) is 4.39. The molecule has 16 heavy (non-hydrogen) atoms. The lowest BCUT2D eigenvalue weighted by molar-refractivity contribution is 0.135. The van der Waals surface area contributed by atoms with Crippen molar-refractivity contribution in [2.45, 2.75) is 19.1 Å². The minimum absolute atomic E-state index is 0.0429. The van der Waals surface area contributed by atoms with Crippen LogP contribution in [0.5, 0.6) is 0 Å². The number of carbonyl (C=O) groups is 1. The molecular formula is C13H15NO2. The van der Waals surface area contributed by atoms with Gasteiger partial charge in [-0.1, -0.05) is 36.4 Å². The van der Waals surface area contributed by atoms with E-state index in [1.807, 2.05) is 37.3 Å².